The highest BCUT2D eigenvalue weighted by Crippen LogP contribution is 2.11. The first-order chi connectivity index (χ1) is 8.68. The first-order valence-electron chi connectivity index (χ1n) is 5.78. The van der Waals surface area contributed by atoms with E-state index in [4.69, 9.17) is 9.05 Å². The van der Waals surface area contributed by atoms with Gasteiger partial charge in [-0.2, -0.15) is 0 Å². The number of carbonyl (C=O) groups is 1. The van der Waals surface area contributed by atoms with Crippen LogP contribution >= 0.6 is 0 Å². The van der Waals surface area contributed by atoms with E-state index in [0.717, 1.165) is 18.4 Å². The predicted octanol–water partition coefficient (Wildman–Crippen LogP) is 1.64. The van der Waals surface area contributed by atoms with Crippen molar-refractivity contribution in [2.24, 2.45) is 0 Å². The highest BCUT2D eigenvalue weighted by Gasteiger charge is 2.16. The molecular weight excluding hydrogens is 234 g/mol. The second-order valence-electron chi connectivity index (χ2n) is 4.09. The summed E-state index contributed by atoms with van der Waals surface area (Å²) in [5, 5.41) is 10.2. The Bertz CT molecular complexity index is 497. The molecule has 2 heterocycles. The van der Waals surface area contributed by atoms with E-state index in [2.05, 4.69) is 15.6 Å². The summed E-state index contributed by atoms with van der Waals surface area (Å²) in [4.78, 5) is 11.9. The van der Waals surface area contributed by atoms with Crippen molar-refractivity contribution in [2.75, 3.05) is 6.54 Å². The van der Waals surface area contributed by atoms with E-state index in [1.165, 1.54) is 0 Å². The Morgan fingerprint density at radius 1 is 1.44 bits per heavy atom. The zero-order valence-electron chi connectivity index (χ0n) is 10.4. The van der Waals surface area contributed by atoms with Gasteiger partial charge in [-0.3, -0.25) is 4.79 Å². The van der Waals surface area contributed by atoms with Crippen molar-refractivity contribution >= 4 is 5.91 Å². The zero-order chi connectivity index (χ0) is 13.0. The number of hydrogen-bond donors (Lipinski definition) is 1. The molecule has 0 aliphatic heterocycles. The van der Waals surface area contributed by atoms with E-state index in [1.54, 1.807) is 26.3 Å². The van der Waals surface area contributed by atoms with Gasteiger partial charge in [0.25, 0.3) is 5.91 Å². The fourth-order valence-electron chi connectivity index (χ4n) is 1.74. The minimum Gasteiger partial charge on any atom is -0.364 e. The molecule has 2 aromatic rings. The van der Waals surface area contributed by atoms with E-state index < -0.39 is 0 Å². The molecule has 1 amide bonds. The summed E-state index contributed by atoms with van der Waals surface area (Å²) in [5.74, 6) is 0.403. The van der Waals surface area contributed by atoms with Crippen LogP contribution in [0.2, 0.25) is 0 Å². The fraction of sp³-hybridized carbons (Fsp3) is 0.417. The van der Waals surface area contributed by atoms with Crippen LogP contribution in [0.4, 0.5) is 0 Å². The molecule has 0 bridgehead atoms. The normalized spacial score (nSPS) is 10.6. The maximum Gasteiger partial charge on any atom is 0.256 e. The molecule has 2 rings (SSSR count). The van der Waals surface area contributed by atoms with Gasteiger partial charge in [-0.15, -0.1) is 0 Å². The quantitative estimate of drug-likeness (QED) is 0.815. The standard InChI is InChI=1S/C12H15N3O3/c1-8-11(9(2)18-15-8)12(16)13-5-3-4-10-6-14-17-7-10/h6-7H,3-5H2,1-2H3,(H,13,16). The molecule has 0 atom stereocenters. The zero-order valence-corrected chi connectivity index (χ0v) is 10.4. The third-order valence-corrected chi connectivity index (χ3v) is 2.67. The van der Waals surface area contributed by atoms with Gasteiger partial charge in [0.2, 0.25) is 0 Å². The summed E-state index contributed by atoms with van der Waals surface area (Å²) in [6, 6.07) is 0. The number of aryl methyl sites for hydroxylation is 3. The average molecular weight is 249 g/mol. The predicted molar refractivity (Wildman–Crippen MR) is 63.1 cm³/mol. The molecule has 96 valence electrons. The number of nitrogens with zero attached hydrogens (tertiary/aromatic N) is 2. The van der Waals surface area contributed by atoms with Crippen LogP contribution in [0.25, 0.3) is 0 Å². The Balaban J connectivity index is 1.79. The maximum atomic E-state index is 11.9. The first-order valence-corrected chi connectivity index (χ1v) is 5.78. The van der Waals surface area contributed by atoms with Gasteiger partial charge < -0.3 is 14.4 Å². The highest BCUT2D eigenvalue weighted by atomic mass is 16.5. The Labute approximate surface area is 104 Å². The molecule has 0 saturated heterocycles. The summed E-state index contributed by atoms with van der Waals surface area (Å²) in [6.45, 7) is 4.07. The number of amides is 1. The molecule has 0 aliphatic carbocycles. The van der Waals surface area contributed by atoms with Crippen molar-refractivity contribution in [2.45, 2.75) is 26.7 Å². The lowest BCUT2D eigenvalue weighted by atomic mass is 10.2. The van der Waals surface area contributed by atoms with E-state index in [9.17, 15) is 4.79 Å². The SMILES string of the molecule is Cc1noc(C)c1C(=O)NCCCc1cnoc1. The number of rotatable bonds is 5. The van der Waals surface area contributed by atoms with Crippen molar-refractivity contribution in [3.05, 3.63) is 35.0 Å². The van der Waals surface area contributed by atoms with Gasteiger partial charge in [-0.25, -0.2) is 0 Å². The van der Waals surface area contributed by atoms with Crippen molar-refractivity contribution in [3.8, 4) is 0 Å². The lowest BCUT2D eigenvalue weighted by molar-refractivity contribution is 0.0951. The van der Waals surface area contributed by atoms with E-state index in [-0.39, 0.29) is 5.91 Å². The monoisotopic (exact) mass is 249 g/mol. The average Bonchev–Trinajstić information content (AvgIpc) is 2.95. The molecule has 0 spiro atoms. The van der Waals surface area contributed by atoms with Crippen molar-refractivity contribution in [3.63, 3.8) is 0 Å². The van der Waals surface area contributed by atoms with Gasteiger partial charge in [0.1, 0.15) is 17.6 Å². The fourth-order valence-corrected chi connectivity index (χ4v) is 1.74. The molecule has 0 aliphatic rings. The third-order valence-electron chi connectivity index (χ3n) is 2.67. The Morgan fingerprint density at radius 3 is 2.89 bits per heavy atom. The molecule has 2 aromatic heterocycles. The second kappa shape index (κ2) is 5.48. The second-order valence-corrected chi connectivity index (χ2v) is 4.09. The molecule has 0 unspecified atom stereocenters. The van der Waals surface area contributed by atoms with Gasteiger partial charge in [0.05, 0.1) is 11.9 Å². The summed E-state index contributed by atoms with van der Waals surface area (Å²) >= 11 is 0. The number of nitrogens with one attached hydrogen (secondary N) is 1. The Morgan fingerprint density at radius 2 is 2.28 bits per heavy atom. The summed E-state index contributed by atoms with van der Waals surface area (Å²) < 4.78 is 9.68. The first kappa shape index (κ1) is 12.3. The number of hydrogen-bond acceptors (Lipinski definition) is 5. The van der Waals surface area contributed by atoms with Crippen LogP contribution in [0, 0.1) is 13.8 Å². The van der Waals surface area contributed by atoms with Crippen molar-refractivity contribution in [1.29, 1.82) is 0 Å². The minimum absolute atomic E-state index is 0.142. The van der Waals surface area contributed by atoms with Gasteiger partial charge in [-0.05, 0) is 26.7 Å². The highest BCUT2D eigenvalue weighted by molar-refractivity contribution is 5.96. The molecule has 18 heavy (non-hydrogen) atoms. The molecular formula is C12H15N3O3. The summed E-state index contributed by atoms with van der Waals surface area (Å²) in [6.07, 6.45) is 4.94. The Hall–Kier alpha value is -2.11. The molecule has 0 fully saturated rings. The molecule has 6 nitrogen and oxygen atoms in total. The maximum absolute atomic E-state index is 11.9. The smallest absolute Gasteiger partial charge is 0.256 e. The van der Waals surface area contributed by atoms with Crippen LogP contribution in [0.1, 0.15) is 33.8 Å². The van der Waals surface area contributed by atoms with Crippen molar-refractivity contribution in [1.82, 2.24) is 15.6 Å². The topological polar surface area (TPSA) is 81.2 Å². The lowest BCUT2D eigenvalue weighted by Crippen LogP contribution is -2.25. The molecule has 0 aromatic carbocycles. The van der Waals surface area contributed by atoms with Gasteiger partial charge >= 0.3 is 0 Å². The molecule has 1 N–H and O–H groups in total. The van der Waals surface area contributed by atoms with Gasteiger partial charge in [-0.1, -0.05) is 10.3 Å². The molecule has 6 heteroatoms. The molecule has 0 radical (unpaired) electrons. The van der Waals surface area contributed by atoms with Gasteiger partial charge in [0, 0.05) is 12.1 Å². The lowest BCUT2D eigenvalue weighted by Gasteiger charge is -2.03. The largest absolute Gasteiger partial charge is 0.364 e. The Kier molecular flexibility index (Phi) is 3.76. The van der Waals surface area contributed by atoms with Crippen LogP contribution in [0.5, 0.6) is 0 Å². The van der Waals surface area contributed by atoms with E-state index in [0.29, 0.717) is 23.6 Å². The van der Waals surface area contributed by atoms with Crippen LogP contribution < -0.4 is 5.32 Å². The van der Waals surface area contributed by atoms with Crippen LogP contribution in [0.15, 0.2) is 21.5 Å². The minimum atomic E-state index is -0.142. The van der Waals surface area contributed by atoms with Crippen molar-refractivity contribution < 1.29 is 13.8 Å². The van der Waals surface area contributed by atoms with Gasteiger partial charge in [0.15, 0.2) is 0 Å². The summed E-state index contributed by atoms with van der Waals surface area (Å²) in [5.41, 5.74) is 2.17. The molecule has 0 saturated carbocycles. The summed E-state index contributed by atoms with van der Waals surface area (Å²) in [7, 11) is 0. The van der Waals surface area contributed by atoms with E-state index >= 15 is 0 Å². The third kappa shape index (κ3) is 2.77. The van der Waals surface area contributed by atoms with Crippen LogP contribution in [0.3, 0.4) is 0 Å². The number of aromatic nitrogens is 2. The number of carbonyl (C=O) groups excluding carboxylic acids is 1. The van der Waals surface area contributed by atoms with Crippen LogP contribution in [-0.4, -0.2) is 22.8 Å². The van der Waals surface area contributed by atoms with Crippen LogP contribution in [-0.2, 0) is 6.42 Å². The van der Waals surface area contributed by atoms with E-state index in [1.807, 2.05) is 0 Å².